The van der Waals surface area contributed by atoms with Gasteiger partial charge in [-0.25, -0.2) is 0 Å². The summed E-state index contributed by atoms with van der Waals surface area (Å²) in [5.74, 6) is 0. The third-order valence-electron chi connectivity index (χ3n) is 6.24. The first kappa shape index (κ1) is 18.7. The number of aromatic nitrogens is 1. The lowest BCUT2D eigenvalue weighted by atomic mass is 10.00. The maximum Gasteiger partial charge on any atom is 0.0726 e. The summed E-state index contributed by atoms with van der Waals surface area (Å²) in [5, 5.41) is 1.30. The summed E-state index contributed by atoms with van der Waals surface area (Å²) in [6.45, 7) is 11.1. The Morgan fingerprint density at radius 1 is 1.07 bits per heavy atom. The Bertz CT molecular complexity index is 762. The first-order valence-corrected chi connectivity index (χ1v) is 10.7. The zero-order valence-corrected chi connectivity index (χ0v) is 16.9. The summed E-state index contributed by atoms with van der Waals surface area (Å²) < 4.78 is 6.22. The fourth-order valence-electron chi connectivity index (χ4n) is 4.74. The van der Waals surface area contributed by atoms with Crippen LogP contribution >= 0.6 is 0 Å². The van der Waals surface area contributed by atoms with Gasteiger partial charge in [0.15, 0.2) is 0 Å². The van der Waals surface area contributed by atoms with Crippen molar-refractivity contribution in [3.05, 3.63) is 35.5 Å². The van der Waals surface area contributed by atoms with Gasteiger partial charge in [0.05, 0.1) is 23.9 Å². The van der Waals surface area contributed by atoms with E-state index >= 15 is 0 Å². The molecule has 4 rings (SSSR count). The zero-order chi connectivity index (χ0) is 18.6. The molecule has 0 bridgehead atoms. The third kappa shape index (κ3) is 4.12. The monoisotopic (exact) mass is 367 g/mol. The van der Waals surface area contributed by atoms with Gasteiger partial charge >= 0.3 is 0 Å². The molecule has 0 N–H and O–H groups in total. The SMILES string of the molecule is CCc1c(C)nc2ccccc2c1N1CCC(OCCN2CCCC2)CC1. The van der Waals surface area contributed by atoms with E-state index in [0.29, 0.717) is 6.10 Å². The van der Waals surface area contributed by atoms with Gasteiger partial charge in [-0.15, -0.1) is 0 Å². The second-order valence-electron chi connectivity index (χ2n) is 8.00. The van der Waals surface area contributed by atoms with Gasteiger partial charge < -0.3 is 14.5 Å². The molecule has 0 unspecified atom stereocenters. The van der Waals surface area contributed by atoms with Crippen LogP contribution in [-0.2, 0) is 11.2 Å². The number of benzene rings is 1. The summed E-state index contributed by atoms with van der Waals surface area (Å²) in [4.78, 5) is 9.95. The molecule has 2 fully saturated rings. The van der Waals surface area contributed by atoms with Gasteiger partial charge in [-0.1, -0.05) is 25.1 Å². The second-order valence-corrected chi connectivity index (χ2v) is 8.00. The quantitative estimate of drug-likeness (QED) is 0.765. The summed E-state index contributed by atoms with van der Waals surface area (Å²) in [7, 11) is 0. The molecule has 1 aromatic heterocycles. The predicted molar refractivity (Wildman–Crippen MR) is 113 cm³/mol. The van der Waals surface area contributed by atoms with Gasteiger partial charge in [0.2, 0.25) is 0 Å². The number of nitrogens with zero attached hydrogens (tertiary/aromatic N) is 3. The maximum absolute atomic E-state index is 6.22. The molecule has 0 radical (unpaired) electrons. The smallest absolute Gasteiger partial charge is 0.0726 e. The van der Waals surface area contributed by atoms with Crippen LogP contribution < -0.4 is 4.90 Å². The minimum absolute atomic E-state index is 0.420. The molecule has 0 spiro atoms. The van der Waals surface area contributed by atoms with Crippen molar-refractivity contribution in [1.82, 2.24) is 9.88 Å². The summed E-state index contributed by atoms with van der Waals surface area (Å²) in [5.41, 5.74) is 5.11. The number of anilines is 1. The van der Waals surface area contributed by atoms with Gasteiger partial charge in [-0.2, -0.15) is 0 Å². The Labute approximate surface area is 163 Å². The first-order valence-electron chi connectivity index (χ1n) is 10.7. The van der Waals surface area contributed by atoms with E-state index in [4.69, 9.17) is 9.72 Å². The van der Waals surface area contributed by atoms with Crippen molar-refractivity contribution in [2.24, 2.45) is 0 Å². The highest BCUT2D eigenvalue weighted by atomic mass is 16.5. The molecule has 4 heteroatoms. The molecular formula is C23H33N3O. The van der Waals surface area contributed by atoms with Gasteiger partial charge in [0, 0.05) is 30.7 Å². The molecule has 0 amide bonds. The highest BCUT2D eigenvalue weighted by Gasteiger charge is 2.24. The highest BCUT2D eigenvalue weighted by Crippen LogP contribution is 2.34. The molecule has 2 aliphatic heterocycles. The van der Waals surface area contributed by atoms with E-state index in [1.807, 2.05) is 0 Å². The Morgan fingerprint density at radius 2 is 1.81 bits per heavy atom. The van der Waals surface area contributed by atoms with Crippen molar-refractivity contribution in [2.45, 2.75) is 52.1 Å². The summed E-state index contributed by atoms with van der Waals surface area (Å²) >= 11 is 0. The lowest BCUT2D eigenvalue weighted by molar-refractivity contribution is 0.0266. The number of pyridine rings is 1. The van der Waals surface area contributed by atoms with E-state index in [1.165, 1.54) is 48.3 Å². The Hall–Kier alpha value is -1.65. The second kappa shape index (κ2) is 8.57. The van der Waals surface area contributed by atoms with Crippen molar-refractivity contribution in [2.75, 3.05) is 44.2 Å². The zero-order valence-electron chi connectivity index (χ0n) is 16.9. The molecule has 2 aromatic rings. The van der Waals surface area contributed by atoms with Crippen molar-refractivity contribution < 1.29 is 4.74 Å². The van der Waals surface area contributed by atoms with Crippen molar-refractivity contribution >= 4 is 16.6 Å². The van der Waals surface area contributed by atoms with E-state index < -0.39 is 0 Å². The standard InChI is InChI=1S/C23H33N3O/c1-3-20-18(2)24-22-9-5-4-8-21(22)23(20)26-14-10-19(11-15-26)27-17-16-25-12-6-7-13-25/h4-5,8-9,19H,3,6-7,10-17H2,1-2H3. The molecule has 27 heavy (non-hydrogen) atoms. The van der Waals surface area contributed by atoms with Gasteiger partial charge in [0.25, 0.3) is 0 Å². The molecule has 0 aliphatic carbocycles. The van der Waals surface area contributed by atoms with Gasteiger partial charge in [-0.3, -0.25) is 4.98 Å². The summed E-state index contributed by atoms with van der Waals surface area (Å²) in [6, 6.07) is 8.59. The van der Waals surface area contributed by atoms with Gasteiger partial charge in [0.1, 0.15) is 0 Å². The van der Waals surface area contributed by atoms with Crippen molar-refractivity contribution in [3.63, 3.8) is 0 Å². The van der Waals surface area contributed by atoms with E-state index in [-0.39, 0.29) is 0 Å². The van der Waals surface area contributed by atoms with Crippen molar-refractivity contribution in [3.8, 4) is 0 Å². The largest absolute Gasteiger partial charge is 0.377 e. The van der Waals surface area contributed by atoms with Crippen LogP contribution in [0.1, 0.15) is 43.9 Å². The van der Waals surface area contributed by atoms with Crippen molar-refractivity contribution in [1.29, 1.82) is 0 Å². The van der Waals surface area contributed by atoms with Crippen LogP contribution in [0.15, 0.2) is 24.3 Å². The number of rotatable bonds is 6. The number of hydrogen-bond donors (Lipinski definition) is 0. The van der Waals surface area contributed by atoms with Crippen LogP contribution in [0.4, 0.5) is 5.69 Å². The lowest BCUT2D eigenvalue weighted by Gasteiger charge is -2.36. The molecule has 3 heterocycles. The molecule has 146 valence electrons. The van der Waals surface area contributed by atoms with Crippen LogP contribution in [0.5, 0.6) is 0 Å². The van der Waals surface area contributed by atoms with E-state index in [0.717, 1.165) is 51.0 Å². The van der Waals surface area contributed by atoms with Crippen LogP contribution in [-0.4, -0.2) is 55.3 Å². The average molecular weight is 368 g/mol. The first-order chi connectivity index (χ1) is 13.3. The minimum atomic E-state index is 0.420. The number of likely N-dealkylation sites (tertiary alicyclic amines) is 1. The molecule has 4 nitrogen and oxygen atoms in total. The van der Waals surface area contributed by atoms with Crippen LogP contribution in [0, 0.1) is 6.92 Å². The maximum atomic E-state index is 6.22. The number of piperidine rings is 1. The van der Waals surface area contributed by atoms with Crippen LogP contribution in [0.25, 0.3) is 10.9 Å². The van der Waals surface area contributed by atoms with E-state index in [1.54, 1.807) is 0 Å². The Morgan fingerprint density at radius 3 is 2.56 bits per heavy atom. The number of hydrogen-bond acceptors (Lipinski definition) is 4. The fraction of sp³-hybridized carbons (Fsp3) is 0.609. The van der Waals surface area contributed by atoms with E-state index in [9.17, 15) is 0 Å². The van der Waals surface area contributed by atoms with Gasteiger partial charge in [-0.05, 0) is 63.7 Å². The molecule has 1 aromatic carbocycles. The normalized spacial score (nSPS) is 19.3. The third-order valence-corrected chi connectivity index (χ3v) is 6.24. The average Bonchev–Trinajstić information content (AvgIpc) is 3.21. The van der Waals surface area contributed by atoms with Crippen LogP contribution in [0.2, 0.25) is 0 Å². The lowest BCUT2D eigenvalue weighted by Crippen LogP contribution is -2.38. The molecular weight excluding hydrogens is 334 g/mol. The van der Waals surface area contributed by atoms with E-state index in [2.05, 4.69) is 47.9 Å². The number of fused-ring (bicyclic) bond motifs is 1. The number of ether oxygens (including phenoxy) is 1. The minimum Gasteiger partial charge on any atom is -0.377 e. The molecule has 2 saturated heterocycles. The number of para-hydroxylation sites is 1. The highest BCUT2D eigenvalue weighted by molar-refractivity contribution is 5.94. The topological polar surface area (TPSA) is 28.6 Å². The fourth-order valence-corrected chi connectivity index (χ4v) is 4.74. The molecule has 2 aliphatic rings. The Balaban J connectivity index is 1.42. The Kier molecular flexibility index (Phi) is 5.94. The molecule has 0 atom stereocenters. The van der Waals surface area contributed by atoms with Crippen LogP contribution in [0.3, 0.4) is 0 Å². The predicted octanol–water partition coefficient (Wildman–Crippen LogP) is 4.19. The summed E-state index contributed by atoms with van der Waals surface area (Å²) in [6.07, 6.45) is 6.42. The molecule has 0 saturated carbocycles. The number of aryl methyl sites for hydroxylation is 1.